The molecule has 4 rings (SSSR count). The van der Waals surface area contributed by atoms with E-state index in [1.165, 1.54) is 16.8 Å². The predicted octanol–water partition coefficient (Wildman–Crippen LogP) is 7.61. The fraction of sp³-hybridized carbons (Fsp3) is 0.512. The number of halogens is 1. The van der Waals surface area contributed by atoms with Gasteiger partial charge in [-0.25, -0.2) is 0 Å². The normalized spacial score (nSPS) is 19.8. The molecule has 49 heavy (non-hydrogen) atoms. The minimum atomic E-state index is -2.76. The van der Waals surface area contributed by atoms with Crippen LogP contribution in [0.25, 0.3) is 0 Å². The molecule has 6 atom stereocenters. The van der Waals surface area contributed by atoms with Crippen molar-refractivity contribution in [3.63, 3.8) is 0 Å². The number of hydrogen-bond donors (Lipinski definition) is 2. The largest absolute Gasteiger partial charge is 0.497 e. The first-order chi connectivity index (χ1) is 23.6. The molecule has 2 N–H and O–H groups in total. The van der Waals surface area contributed by atoms with Crippen molar-refractivity contribution >= 4 is 41.3 Å². The molecule has 0 aromatic heterocycles. The van der Waals surface area contributed by atoms with Crippen molar-refractivity contribution in [3.05, 3.63) is 103 Å². The molecule has 6 nitrogen and oxygen atoms in total. The predicted molar refractivity (Wildman–Crippen MR) is 211 cm³/mol. The maximum atomic E-state index is 11.3. The lowest BCUT2D eigenvalue weighted by atomic mass is 9.97. The Bertz CT molecular complexity index is 1340. The van der Waals surface area contributed by atoms with E-state index in [0.29, 0.717) is 25.6 Å². The maximum Gasteiger partial charge on any atom is 0.261 e. The van der Waals surface area contributed by atoms with E-state index in [0.717, 1.165) is 35.0 Å². The average Bonchev–Trinajstić information content (AvgIpc) is 3.12. The van der Waals surface area contributed by atoms with Crippen molar-refractivity contribution in [1.82, 2.24) is 0 Å². The number of ether oxygens (including phenoxy) is 3. The molecular weight excluding hydrogens is 743 g/mol. The van der Waals surface area contributed by atoms with Crippen molar-refractivity contribution < 1.29 is 28.8 Å². The Hall–Kier alpha value is -2.05. The number of aliphatic hydroxyl groups excluding tert-OH is 2. The van der Waals surface area contributed by atoms with Gasteiger partial charge in [0, 0.05) is 10.3 Å². The maximum absolute atomic E-state index is 11.3. The Morgan fingerprint density at radius 2 is 1.49 bits per heavy atom. The third kappa shape index (κ3) is 11.5. The van der Waals surface area contributed by atoms with Gasteiger partial charge in [0.2, 0.25) is 0 Å². The first kappa shape index (κ1) is 39.7. The smallest absolute Gasteiger partial charge is 0.261 e. The summed E-state index contributed by atoms with van der Waals surface area (Å²) >= 11 is 2.41. The van der Waals surface area contributed by atoms with Crippen LogP contribution in [0.15, 0.2) is 97.1 Å². The zero-order valence-corrected chi connectivity index (χ0v) is 33.1. The summed E-state index contributed by atoms with van der Waals surface area (Å²) in [6.07, 6.45) is 8.25. The Balaban J connectivity index is 1.37. The number of benzene rings is 3. The van der Waals surface area contributed by atoms with E-state index in [-0.39, 0.29) is 29.8 Å². The van der Waals surface area contributed by atoms with E-state index in [1.54, 1.807) is 7.11 Å². The first-order valence-electron chi connectivity index (χ1n) is 17.8. The van der Waals surface area contributed by atoms with Crippen LogP contribution in [0, 0.1) is 5.92 Å². The standard InChI is InChI=1S/C41H57IO6Si/c1-31(40(44)30-47-49(41(2,3)4,38-15-8-6-9-16-38)39-17-10-7-11-18-39)19-22-33(43)23-26-35(27-36-13-12-14-37(28-42)48-36)46-29-32-20-24-34(45-5)25-21-32/h6-11,15-22,24-25,31,33,35-37,40,43-44H,12-14,23,26-30H2,1-5H3/b22-19-/t31-,33-,35+,36+,37-,40+/m1/s1. The van der Waals surface area contributed by atoms with Gasteiger partial charge in [-0.05, 0) is 71.6 Å². The fourth-order valence-corrected chi connectivity index (χ4v) is 12.0. The van der Waals surface area contributed by atoms with Crippen molar-refractivity contribution in [1.29, 1.82) is 0 Å². The highest BCUT2D eigenvalue weighted by molar-refractivity contribution is 14.1. The van der Waals surface area contributed by atoms with Crippen molar-refractivity contribution in [3.8, 4) is 5.75 Å². The molecule has 268 valence electrons. The quantitative estimate of drug-likeness (QED) is 0.0598. The van der Waals surface area contributed by atoms with Gasteiger partial charge < -0.3 is 28.8 Å². The molecule has 0 spiro atoms. The average molecular weight is 801 g/mol. The summed E-state index contributed by atoms with van der Waals surface area (Å²) in [7, 11) is -1.09. The minimum absolute atomic E-state index is 0.0361. The summed E-state index contributed by atoms with van der Waals surface area (Å²) in [4.78, 5) is 0. The summed E-state index contributed by atoms with van der Waals surface area (Å²) in [5.74, 6) is 0.625. The molecule has 1 aliphatic rings. The molecule has 1 aliphatic heterocycles. The Labute approximate surface area is 309 Å². The lowest BCUT2D eigenvalue weighted by Gasteiger charge is -2.43. The number of rotatable bonds is 18. The summed E-state index contributed by atoms with van der Waals surface area (Å²) in [5.41, 5.74) is 1.09. The number of methoxy groups -OCH3 is 1. The number of hydrogen-bond acceptors (Lipinski definition) is 6. The third-order valence-corrected chi connectivity index (χ3v) is 15.7. The van der Waals surface area contributed by atoms with Crippen LogP contribution < -0.4 is 15.1 Å². The van der Waals surface area contributed by atoms with Crippen molar-refractivity contribution in [2.75, 3.05) is 18.1 Å². The van der Waals surface area contributed by atoms with Crippen LogP contribution >= 0.6 is 22.6 Å². The van der Waals surface area contributed by atoms with Gasteiger partial charge in [-0.15, -0.1) is 0 Å². The molecule has 8 heteroatoms. The Morgan fingerprint density at radius 3 is 2.06 bits per heavy atom. The van der Waals surface area contributed by atoms with Crippen LogP contribution in [0.5, 0.6) is 5.75 Å². The van der Waals surface area contributed by atoms with Crippen LogP contribution in [0.4, 0.5) is 0 Å². The molecule has 1 heterocycles. The van der Waals surface area contributed by atoms with Gasteiger partial charge in [0.25, 0.3) is 8.32 Å². The summed E-state index contributed by atoms with van der Waals surface area (Å²) in [6, 6.07) is 28.9. The van der Waals surface area contributed by atoms with E-state index >= 15 is 0 Å². The van der Waals surface area contributed by atoms with E-state index in [2.05, 4.69) is 91.9 Å². The molecule has 0 bridgehead atoms. The van der Waals surface area contributed by atoms with Gasteiger partial charge >= 0.3 is 0 Å². The van der Waals surface area contributed by atoms with E-state index in [4.69, 9.17) is 18.6 Å². The van der Waals surface area contributed by atoms with Crippen molar-refractivity contribution in [2.45, 2.75) is 108 Å². The minimum Gasteiger partial charge on any atom is -0.497 e. The Morgan fingerprint density at radius 1 is 0.878 bits per heavy atom. The fourth-order valence-electron chi connectivity index (χ4n) is 6.78. The second-order valence-electron chi connectivity index (χ2n) is 14.4. The molecule has 1 fully saturated rings. The van der Waals surface area contributed by atoms with Crippen LogP contribution in [-0.2, 0) is 20.5 Å². The molecule has 0 amide bonds. The molecule has 0 unspecified atom stereocenters. The van der Waals surface area contributed by atoms with E-state index in [9.17, 15) is 10.2 Å². The number of alkyl halides is 1. The van der Waals surface area contributed by atoms with Gasteiger partial charge in [-0.2, -0.15) is 0 Å². The van der Waals surface area contributed by atoms with Crippen LogP contribution in [0.3, 0.4) is 0 Å². The summed E-state index contributed by atoms with van der Waals surface area (Å²) in [5, 5.41) is 24.6. The van der Waals surface area contributed by atoms with Crippen molar-refractivity contribution in [2.24, 2.45) is 5.92 Å². The molecular formula is C41H57IO6Si. The Kier molecular flexibility index (Phi) is 15.8. The topological polar surface area (TPSA) is 77.4 Å². The van der Waals surface area contributed by atoms with Crippen LogP contribution in [-0.4, -0.2) is 67.2 Å². The SMILES string of the molecule is COc1ccc(CO[C@@H](CC[C@H](O)/C=C\[C@@H](C)[C@@H](O)CO[Si](c2ccccc2)(c2ccccc2)C(C)(C)C)C[C@@H]2CCC[C@H](CI)O2)cc1. The molecule has 3 aromatic carbocycles. The van der Waals surface area contributed by atoms with Gasteiger partial charge in [-0.1, -0.05) is 135 Å². The second-order valence-corrected chi connectivity index (χ2v) is 19.6. The first-order valence-corrected chi connectivity index (χ1v) is 21.2. The van der Waals surface area contributed by atoms with Gasteiger partial charge in [0.05, 0.1) is 50.8 Å². The van der Waals surface area contributed by atoms with Crippen LogP contribution in [0.2, 0.25) is 5.04 Å². The van der Waals surface area contributed by atoms with E-state index in [1.807, 2.05) is 55.5 Å². The monoisotopic (exact) mass is 800 g/mol. The molecule has 3 aromatic rings. The lowest BCUT2D eigenvalue weighted by Crippen LogP contribution is -2.67. The zero-order valence-electron chi connectivity index (χ0n) is 30.0. The van der Waals surface area contributed by atoms with Gasteiger partial charge in [-0.3, -0.25) is 0 Å². The van der Waals surface area contributed by atoms with Gasteiger partial charge in [0.1, 0.15) is 5.75 Å². The molecule has 0 aliphatic carbocycles. The highest BCUT2D eigenvalue weighted by Crippen LogP contribution is 2.37. The summed E-state index contributed by atoms with van der Waals surface area (Å²) in [6.45, 7) is 9.39. The van der Waals surface area contributed by atoms with Crippen LogP contribution in [0.1, 0.15) is 71.8 Å². The highest BCUT2D eigenvalue weighted by atomic mass is 127. The zero-order chi connectivity index (χ0) is 35.3. The summed E-state index contributed by atoms with van der Waals surface area (Å²) < 4.78 is 26.1. The number of aliphatic hydroxyl groups is 2. The van der Waals surface area contributed by atoms with E-state index < -0.39 is 20.5 Å². The highest BCUT2D eigenvalue weighted by Gasteiger charge is 2.50. The lowest BCUT2D eigenvalue weighted by molar-refractivity contribution is -0.0744. The molecule has 0 saturated carbocycles. The third-order valence-electron chi connectivity index (χ3n) is 9.70. The molecule has 1 saturated heterocycles. The molecule has 0 radical (unpaired) electrons. The van der Waals surface area contributed by atoms with Gasteiger partial charge in [0.15, 0.2) is 0 Å². The second kappa shape index (κ2) is 19.5.